The number of carbonyl (C=O) groups is 2. The van der Waals surface area contributed by atoms with Gasteiger partial charge >= 0.3 is 5.97 Å². The van der Waals surface area contributed by atoms with Crippen molar-refractivity contribution in [3.05, 3.63) is 33.9 Å². The summed E-state index contributed by atoms with van der Waals surface area (Å²) in [4.78, 5) is 34.6. The third-order valence-electron chi connectivity index (χ3n) is 2.95. The smallest absolute Gasteiger partial charge is 0.331 e. The van der Waals surface area contributed by atoms with Crippen LogP contribution in [-0.4, -0.2) is 49.2 Å². The Labute approximate surface area is 131 Å². The quantitative estimate of drug-likeness (QED) is 0.344. The van der Waals surface area contributed by atoms with Crippen molar-refractivity contribution in [1.82, 2.24) is 4.90 Å². The maximum absolute atomic E-state index is 11.6. The molecule has 1 aromatic carbocycles. The second kappa shape index (κ2) is 6.77. The summed E-state index contributed by atoms with van der Waals surface area (Å²) >= 11 is 0. The van der Waals surface area contributed by atoms with E-state index in [0.717, 1.165) is 6.08 Å². The summed E-state index contributed by atoms with van der Waals surface area (Å²) in [5.41, 5.74) is -0.0715. The zero-order valence-corrected chi connectivity index (χ0v) is 12.5. The molecular weight excluding hydrogens is 308 g/mol. The number of hydrogen-bond acceptors (Lipinski definition) is 7. The largest absolute Gasteiger partial charge is 0.454 e. The molecule has 9 nitrogen and oxygen atoms in total. The Kier molecular flexibility index (Phi) is 4.79. The van der Waals surface area contributed by atoms with E-state index < -0.39 is 17.5 Å². The van der Waals surface area contributed by atoms with Gasteiger partial charge in [0.05, 0.1) is 16.6 Å². The molecule has 0 saturated carbocycles. The van der Waals surface area contributed by atoms with Crippen LogP contribution in [0, 0.1) is 10.1 Å². The van der Waals surface area contributed by atoms with Gasteiger partial charge in [0, 0.05) is 20.2 Å². The van der Waals surface area contributed by atoms with Crippen LogP contribution in [0.25, 0.3) is 6.08 Å². The van der Waals surface area contributed by atoms with Crippen molar-refractivity contribution >= 4 is 23.6 Å². The molecule has 1 aromatic rings. The zero-order chi connectivity index (χ0) is 17.0. The Bertz CT molecular complexity index is 682. The Morgan fingerprint density at radius 3 is 2.61 bits per heavy atom. The minimum Gasteiger partial charge on any atom is -0.454 e. The molecule has 0 atom stereocenters. The molecule has 0 bridgehead atoms. The lowest BCUT2D eigenvalue weighted by Gasteiger charge is -2.09. The summed E-state index contributed by atoms with van der Waals surface area (Å²) in [6.45, 7) is -0.423. The molecule has 0 aromatic heterocycles. The third kappa shape index (κ3) is 3.96. The first-order valence-electron chi connectivity index (χ1n) is 6.51. The van der Waals surface area contributed by atoms with Crippen LogP contribution in [0.4, 0.5) is 5.69 Å². The molecule has 2 rings (SSSR count). The van der Waals surface area contributed by atoms with Crippen molar-refractivity contribution in [3.8, 4) is 11.5 Å². The number of nitrogens with zero attached hydrogens (tertiary/aromatic N) is 2. The molecule has 1 aliphatic rings. The highest BCUT2D eigenvalue weighted by atomic mass is 16.7. The van der Waals surface area contributed by atoms with Crippen molar-refractivity contribution in [2.45, 2.75) is 0 Å². The van der Waals surface area contributed by atoms with Crippen LogP contribution in [0.15, 0.2) is 18.2 Å². The highest BCUT2D eigenvalue weighted by Gasteiger charge is 2.22. The van der Waals surface area contributed by atoms with Gasteiger partial charge in [-0.1, -0.05) is 0 Å². The highest BCUT2D eigenvalue weighted by molar-refractivity contribution is 5.90. The normalized spacial score (nSPS) is 12.3. The fourth-order valence-corrected chi connectivity index (χ4v) is 1.71. The molecule has 0 radical (unpaired) electrons. The third-order valence-corrected chi connectivity index (χ3v) is 2.95. The average Bonchev–Trinajstić information content (AvgIpc) is 2.96. The first-order chi connectivity index (χ1) is 10.9. The first kappa shape index (κ1) is 16.3. The molecule has 122 valence electrons. The summed E-state index contributed by atoms with van der Waals surface area (Å²) in [6.07, 6.45) is 2.23. The molecule has 23 heavy (non-hydrogen) atoms. The molecule has 0 saturated heterocycles. The van der Waals surface area contributed by atoms with Gasteiger partial charge in [0.2, 0.25) is 6.79 Å². The number of nitro benzene ring substituents is 1. The number of amides is 1. The summed E-state index contributed by atoms with van der Waals surface area (Å²) in [5, 5.41) is 11.1. The molecule has 0 spiro atoms. The van der Waals surface area contributed by atoms with Crippen molar-refractivity contribution < 1.29 is 28.7 Å². The van der Waals surface area contributed by atoms with Crippen LogP contribution in [0.5, 0.6) is 11.5 Å². The topological polar surface area (TPSA) is 108 Å². The van der Waals surface area contributed by atoms with Gasteiger partial charge < -0.3 is 19.1 Å². The van der Waals surface area contributed by atoms with E-state index in [4.69, 9.17) is 14.2 Å². The van der Waals surface area contributed by atoms with Crippen LogP contribution >= 0.6 is 0 Å². The number of hydrogen-bond donors (Lipinski definition) is 0. The predicted molar refractivity (Wildman–Crippen MR) is 77.9 cm³/mol. The molecule has 1 heterocycles. The molecule has 0 aliphatic carbocycles. The van der Waals surface area contributed by atoms with Crippen LogP contribution in [-0.2, 0) is 14.3 Å². The fraction of sp³-hybridized carbons (Fsp3) is 0.286. The molecule has 1 aliphatic heterocycles. The monoisotopic (exact) mass is 322 g/mol. The van der Waals surface area contributed by atoms with Gasteiger partial charge in [-0.15, -0.1) is 0 Å². The molecule has 9 heteroatoms. The van der Waals surface area contributed by atoms with Crippen LogP contribution in [0.3, 0.4) is 0 Å². The van der Waals surface area contributed by atoms with E-state index in [2.05, 4.69) is 0 Å². The van der Waals surface area contributed by atoms with E-state index in [1.807, 2.05) is 0 Å². The standard InChI is InChI=1S/C14H14N2O7/c1-15(2)13(17)7-21-14(18)4-3-9-5-11-12(23-8-22-11)6-10(9)16(19)20/h3-6H,7-8H2,1-2H3/b4-3+. The van der Waals surface area contributed by atoms with E-state index in [9.17, 15) is 19.7 Å². The minimum absolute atomic E-state index is 0.0195. The lowest BCUT2D eigenvalue weighted by atomic mass is 10.1. The highest BCUT2D eigenvalue weighted by Crippen LogP contribution is 2.38. The Morgan fingerprint density at radius 1 is 1.35 bits per heavy atom. The second-order valence-corrected chi connectivity index (χ2v) is 4.75. The maximum atomic E-state index is 11.6. The van der Waals surface area contributed by atoms with Crippen LogP contribution in [0.1, 0.15) is 5.56 Å². The van der Waals surface area contributed by atoms with Gasteiger partial charge in [-0.3, -0.25) is 14.9 Å². The fourth-order valence-electron chi connectivity index (χ4n) is 1.71. The van der Waals surface area contributed by atoms with E-state index >= 15 is 0 Å². The van der Waals surface area contributed by atoms with Crippen molar-refractivity contribution in [1.29, 1.82) is 0 Å². The predicted octanol–water partition coefficient (Wildman–Crippen LogP) is 0.968. The molecule has 0 fully saturated rings. The van der Waals surface area contributed by atoms with Gasteiger partial charge in [0.25, 0.3) is 11.6 Å². The second-order valence-electron chi connectivity index (χ2n) is 4.75. The van der Waals surface area contributed by atoms with E-state index in [1.54, 1.807) is 0 Å². The number of ether oxygens (including phenoxy) is 3. The Morgan fingerprint density at radius 2 is 2.00 bits per heavy atom. The summed E-state index contributed by atoms with van der Waals surface area (Å²) in [7, 11) is 3.06. The number of nitro groups is 1. The Balaban J connectivity index is 2.11. The summed E-state index contributed by atoms with van der Waals surface area (Å²) in [6, 6.07) is 2.62. The molecule has 1 amide bonds. The van der Waals surface area contributed by atoms with E-state index in [1.165, 1.54) is 37.2 Å². The molecule has 0 N–H and O–H groups in total. The lowest BCUT2D eigenvalue weighted by molar-refractivity contribution is -0.385. The number of likely N-dealkylation sites (N-methyl/N-ethyl adjacent to an activating group) is 1. The van der Waals surface area contributed by atoms with Crippen molar-refractivity contribution in [2.24, 2.45) is 0 Å². The Hall–Kier alpha value is -3.10. The number of carbonyl (C=O) groups excluding carboxylic acids is 2. The molecule has 0 unspecified atom stereocenters. The SMILES string of the molecule is CN(C)C(=O)COC(=O)/C=C/c1cc2c(cc1[N+](=O)[O-])OCO2. The zero-order valence-electron chi connectivity index (χ0n) is 12.5. The van der Waals surface area contributed by atoms with Crippen LogP contribution in [0.2, 0.25) is 0 Å². The van der Waals surface area contributed by atoms with Crippen molar-refractivity contribution in [2.75, 3.05) is 27.5 Å². The number of rotatable bonds is 5. The lowest BCUT2D eigenvalue weighted by Crippen LogP contribution is -2.27. The van der Waals surface area contributed by atoms with Crippen LogP contribution < -0.4 is 9.47 Å². The molecular formula is C14H14N2O7. The van der Waals surface area contributed by atoms with Gasteiger partial charge in [-0.05, 0) is 12.1 Å². The minimum atomic E-state index is -0.785. The van der Waals surface area contributed by atoms with Gasteiger partial charge in [0.15, 0.2) is 18.1 Å². The number of fused-ring (bicyclic) bond motifs is 1. The van der Waals surface area contributed by atoms with Gasteiger partial charge in [-0.2, -0.15) is 0 Å². The van der Waals surface area contributed by atoms with Gasteiger partial charge in [0.1, 0.15) is 0 Å². The van der Waals surface area contributed by atoms with E-state index in [0.29, 0.717) is 5.75 Å². The summed E-state index contributed by atoms with van der Waals surface area (Å²) < 4.78 is 15.0. The van der Waals surface area contributed by atoms with E-state index in [-0.39, 0.29) is 29.7 Å². The first-order valence-corrected chi connectivity index (χ1v) is 6.51. The average molecular weight is 322 g/mol. The van der Waals surface area contributed by atoms with Crippen molar-refractivity contribution in [3.63, 3.8) is 0 Å². The number of benzene rings is 1. The van der Waals surface area contributed by atoms with Gasteiger partial charge in [-0.25, -0.2) is 4.79 Å². The summed E-state index contributed by atoms with van der Waals surface area (Å²) in [5.74, 6) is -0.535. The number of esters is 1. The maximum Gasteiger partial charge on any atom is 0.331 e.